The molecule has 1 heterocycles. The number of nitrogens with zero attached hydrogens (tertiary/aromatic N) is 1. The van der Waals surface area contributed by atoms with Crippen LogP contribution in [-0.2, 0) is 4.79 Å². The van der Waals surface area contributed by atoms with Crippen LogP contribution in [0.5, 0.6) is 0 Å². The highest BCUT2D eigenvalue weighted by molar-refractivity contribution is 5.85. The lowest BCUT2D eigenvalue weighted by Crippen LogP contribution is -2.39. The molecule has 0 saturated carbocycles. The lowest BCUT2D eigenvalue weighted by Gasteiger charge is -2.17. The van der Waals surface area contributed by atoms with Crippen LogP contribution >= 0.6 is 12.4 Å². The molecule has 0 aromatic heterocycles. The summed E-state index contributed by atoms with van der Waals surface area (Å²) in [4.78, 5) is 11.6. The first kappa shape index (κ1) is 12.5. The molecule has 0 aromatic rings. The van der Waals surface area contributed by atoms with Crippen molar-refractivity contribution in [1.82, 2.24) is 4.90 Å². The zero-order valence-electron chi connectivity index (χ0n) is 6.67. The third-order valence-electron chi connectivity index (χ3n) is 1.71. The Hall–Kier alpha value is -0.490. The Balaban J connectivity index is 0.00000144. The van der Waals surface area contributed by atoms with Crippen molar-refractivity contribution < 1.29 is 18.0 Å². The van der Waals surface area contributed by atoms with E-state index in [1.807, 2.05) is 0 Å². The topological polar surface area (TPSA) is 46.3 Å². The van der Waals surface area contributed by atoms with Gasteiger partial charge in [-0.1, -0.05) is 0 Å². The molecule has 0 aromatic carbocycles. The molecule has 0 spiro atoms. The van der Waals surface area contributed by atoms with Crippen molar-refractivity contribution in [2.45, 2.75) is 18.6 Å². The first-order chi connectivity index (χ1) is 5.40. The minimum Gasteiger partial charge on any atom is -0.332 e. The molecular formula is C6H10ClF3N2O. The molecule has 13 heavy (non-hydrogen) atoms. The van der Waals surface area contributed by atoms with E-state index in [-0.39, 0.29) is 19.0 Å². The predicted molar refractivity (Wildman–Crippen MR) is 42.5 cm³/mol. The summed E-state index contributed by atoms with van der Waals surface area (Å²) in [6.45, 7) is -1.07. The van der Waals surface area contributed by atoms with Crippen molar-refractivity contribution in [2.75, 3.05) is 13.1 Å². The molecule has 1 amide bonds. The molecule has 1 atom stereocenters. The molecule has 0 bridgehead atoms. The Morgan fingerprint density at radius 2 is 2.08 bits per heavy atom. The minimum absolute atomic E-state index is 0. The van der Waals surface area contributed by atoms with Gasteiger partial charge in [-0.15, -0.1) is 12.4 Å². The van der Waals surface area contributed by atoms with Crippen LogP contribution in [0.3, 0.4) is 0 Å². The number of carbonyl (C=O) groups is 1. The van der Waals surface area contributed by atoms with Gasteiger partial charge in [0.15, 0.2) is 0 Å². The molecule has 0 aliphatic carbocycles. The van der Waals surface area contributed by atoms with Gasteiger partial charge >= 0.3 is 6.18 Å². The molecule has 1 saturated heterocycles. The fourth-order valence-electron chi connectivity index (χ4n) is 1.14. The largest absolute Gasteiger partial charge is 0.406 e. The van der Waals surface area contributed by atoms with E-state index in [4.69, 9.17) is 5.73 Å². The van der Waals surface area contributed by atoms with E-state index in [0.717, 1.165) is 4.90 Å². The normalized spacial score (nSPS) is 23.2. The van der Waals surface area contributed by atoms with Gasteiger partial charge in [0.05, 0.1) is 6.04 Å². The van der Waals surface area contributed by atoms with Crippen LogP contribution in [0.1, 0.15) is 6.42 Å². The zero-order valence-corrected chi connectivity index (χ0v) is 7.49. The number of alkyl halides is 3. The quantitative estimate of drug-likeness (QED) is 0.698. The Kier molecular flexibility index (Phi) is 3.99. The Morgan fingerprint density at radius 1 is 1.54 bits per heavy atom. The molecule has 78 valence electrons. The highest BCUT2D eigenvalue weighted by Gasteiger charge is 2.37. The standard InChI is InChI=1S/C6H9F3N2O.ClH/c7-6(8,9)3-11-2-1-4(10)5(11)12;/h4H,1-3,10H2;1H. The summed E-state index contributed by atoms with van der Waals surface area (Å²) in [6, 6.07) is -0.743. The van der Waals surface area contributed by atoms with Gasteiger partial charge in [-0.05, 0) is 6.42 Å². The predicted octanol–water partition coefficient (Wildman–Crippen LogP) is 0.530. The van der Waals surface area contributed by atoms with Crippen LogP contribution in [0.4, 0.5) is 13.2 Å². The van der Waals surface area contributed by atoms with E-state index in [1.54, 1.807) is 0 Å². The number of carbonyl (C=O) groups excluding carboxylic acids is 1. The highest BCUT2D eigenvalue weighted by Crippen LogP contribution is 2.19. The fourth-order valence-corrected chi connectivity index (χ4v) is 1.14. The molecule has 1 rings (SSSR count). The summed E-state index contributed by atoms with van der Waals surface area (Å²) >= 11 is 0. The second-order valence-electron chi connectivity index (χ2n) is 2.77. The van der Waals surface area contributed by atoms with Crippen LogP contribution in [0.15, 0.2) is 0 Å². The van der Waals surface area contributed by atoms with E-state index in [1.165, 1.54) is 0 Å². The summed E-state index contributed by atoms with van der Waals surface area (Å²) in [5.41, 5.74) is 5.23. The SMILES string of the molecule is Cl.NC1CCN(CC(F)(F)F)C1=O. The third-order valence-corrected chi connectivity index (χ3v) is 1.71. The molecule has 3 nitrogen and oxygen atoms in total. The second kappa shape index (κ2) is 4.15. The van der Waals surface area contributed by atoms with Crippen molar-refractivity contribution >= 4 is 18.3 Å². The third kappa shape index (κ3) is 3.40. The number of nitrogens with two attached hydrogens (primary N) is 1. The molecule has 7 heteroatoms. The number of halogens is 4. The summed E-state index contributed by atoms with van der Waals surface area (Å²) in [6.07, 6.45) is -4.01. The van der Waals surface area contributed by atoms with Gasteiger partial charge in [0.25, 0.3) is 0 Å². The highest BCUT2D eigenvalue weighted by atomic mass is 35.5. The van der Waals surface area contributed by atoms with Crippen LogP contribution < -0.4 is 5.73 Å². The minimum atomic E-state index is -4.32. The van der Waals surface area contributed by atoms with E-state index >= 15 is 0 Å². The maximum Gasteiger partial charge on any atom is 0.406 e. The number of likely N-dealkylation sites (tertiary alicyclic amines) is 1. The molecule has 1 aliphatic heterocycles. The molecule has 2 N–H and O–H groups in total. The summed E-state index contributed by atoms with van der Waals surface area (Å²) in [5.74, 6) is -0.604. The van der Waals surface area contributed by atoms with Gasteiger partial charge < -0.3 is 10.6 Å². The van der Waals surface area contributed by atoms with Crippen LogP contribution in [0, 0.1) is 0 Å². The van der Waals surface area contributed by atoms with Crippen molar-refractivity contribution in [2.24, 2.45) is 5.73 Å². The van der Waals surface area contributed by atoms with Crippen molar-refractivity contribution in [1.29, 1.82) is 0 Å². The molecule has 0 radical (unpaired) electrons. The average molecular weight is 219 g/mol. The summed E-state index contributed by atoms with van der Waals surface area (Å²) < 4.78 is 35.3. The van der Waals surface area contributed by atoms with Gasteiger partial charge in [-0.2, -0.15) is 13.2 Å². The van der Waals surface area contributed by atoms with Crippen LogP contribution in [0.2, 0.25) is 0 Å². The van der Waals surface area contributed by atoms with Gasteiger partial charge in [0.1, 0.15) is 6.54 Å². The first-order valence-electron chi connectivity index (χ1n) is 3.51. The maximum absolute atomic E-state index is 11.8. The molecule has 1 aliphatic rings. The lowest BCUT2D eigenvalue weighted by atomic mass is 10.3. The van der Waals surface area contributed by atoms with Crippen molar-refractivity contribution in [3.63, 3.8) is 0 Å². The van der Waals surface area contributed by atoms with Gasteiger partial charge in [0, 0.05) is 6.54 Å². The van der Waals surface area contributed by atoms with Crippen molar-refractivity contribution in [3.05, 3.63) is 0 Å². The van der Waals surface area contributed by atoms with Gasteiger partial charge in [-0.3, -0.25) is 4.79 Å². The average Bonchev–Trinajstić information content (AvgIpc) is 2.16. The monoisotopic (exact) mass is 218 g/mol. The smallest absolute Gasteiger partial charge is 0.332 e. The van der Waals surface area contributed by atoms with E-state index < -0.39 is 24.7 Å². The Bertz CT molecular complexity index is 197. The Labute approximate surface area is 79.5 Å². The number of amides is 1. The lowest BCUT2D eigenvalue weighted by molar-refractivity contribution is -0.157. The van der Waals surface area contributed by atoms with E-state index in [0.29, 0.717) is 6.42 Å². The van der Waals surface area contributed by atoms with Gasteiger partial charge in [0.2, 0.25) is 5.91 Å². The number of hydrogen-bond acceptors (Lipinski definition) is 2. The van der Waals surface area contributed by atoms with E-state index in [9.17, 15) is 18.0 Å². The van der Waals surface area contributed by atoms with Crippen LogP contribution in [-0.4, -0.2) is 36.1 Å². The van der Waals surface area contributed by atoms with Crippen LogP contribution in [0.25, 0.3) is 0 Å². The summed E-state index contributed by atoms with van der Waals surface area (Å²) in [7, 11) is 0. The zero-order chi connectivity index (χ0) is 9.35. The molecule has 1 unspecified atom stereocenters. The van der Waals surface area contributed by atoms with E-state index in [2.05, 4.69) is 0 Å². The van der Waals surface area contributed by atoms with Gasteiger partial charge in [-0.25, -0.2) is 0 Å². The molecular weight excluding hydrogens is 209 g/mol. The van der Waals surface area contributed by atoms with Crippen molar-refractivity contribution in [3.8, 4) is 0 Å². The number of rotatable bonds is 1. The second-order valence-corrected chi connectivity index (χ2v) is 2.77. The fraction of sp³-hybridized carbons (Fsp3) is 0.833. The summed E-state index contributed by atoms with van der Waals surface area (Å²) in [5, 5.41) is 0. The number of hydrogen-bond donors (Lipinski definition) is 1. The maximum atomic E-state index is 11.8. The first-order valence-corrected chi connectivity index (χ1v) is 3.51. The Morgan fingerprint density at radius 3 is 2.38 bits per heavy atom. The molecule has 1 fully saturated rings.